The molecule has 1 heterocycles. The first-order chi connectivity index (χ1) is 8.22. The van der Waals surface area contributed by atoms with Crippen molar-refractivity contribution in [1.82, 2.24) is 20.1 Å². The van der Waals surface area contributed by atoms with E-state index in [-0.39, 0.29) is 0 Å². The predicted octanol–water partition coefficient (Wildman–Crippen LogP) is 2.34. The Morgan fingerprint density at radius 2 is 2.24 bits per heavy atom. The van der Waals surface area contributed by atoms with Crippen LogP contribution in [0.3, 0.4) is 0 Å². The minimum absolute atomic E-state index is 0.696. The summed E-state index contributed by atoms with van der Waals surface area (Å²) in [5.74, 6) is 0.881. The van der Waals surface area contributed by atoms with Gasteiger partial charge in [-0.25, -0.2) is 9.67 Å². The van der Waals surface area contributed by atoms with E-state index in [1.165, 1.54) is 0 Å². The zero-order valence-electron chi connectivity index (χ0n) is 9.94. The Hall–Kier alpha value is -1.39. The van der Waals surface area contributed by atoms with Gasteiger partial charge in [0, 0.05) is 5.02 Å². The molecule has 0 aliphatic rings. The number of rotatable bonds is 4. The number of aryl methyl sites for hydroxylation is 1. The Morgan fingerprint density at radius 3 is 2.94 bits per heavy atom. The van der Waals surface area contributed by atoms with Crippen molar-refractivity contribution in [3.63, 3.8) is 0 Å². The van der Waals surface area contributed by atoms with Crippen molar-refractivity contribution in [1.29, 1.82) is 0 Å². The Morgan fingerprint density at radius 1 is 1.41 bits per heavy atom. The molecule has 0 fully saturated rings. The maximum atomic E-state index is 6.11. The van der Waals surface area contributed by atoms with Crippen LogP contribution in [0, 0.1) is 6.92 Å². The second-order valence-electron chi connectivity index (χ2n) is 3.80. The molecule has 4 nitrogen and oxygen atoms in total. The van der Waals surface area contributed by atoms with Crippen LogP contribution in [-0.2, 0) is 6.54 Å². The van der Waals surface area contributed by atoms with Gasteiger partial charge in [0.1, 0.15) is 12.2 Å². The SMILES string of the molecule is CCNCc1ncnn1-c1ccc(C)c(Cl)c1. The van der Waals surface area contributed by atoms with Crippen molar-refractivity contribution < 1.29 is 0 Å². The van der Waals surface area contributed by atoms with E-state index < -0.39 is 0 Å². The topological polar surface area (TPSA) is 42.7 Å². The van der Waals surface area contributed by atoms with Crippen LogP contribution in [0.2, 0.25) is 5.02 Å². The van der Waals surface area contributed by atoms with Crippen molar-refractivity contribution in [3.8, 4) is 5.69 Å². The highest BCUT2D eigenvalue weighted by molar-refractivity contribution is 6.31. The molecular formula is C12H15ClN4. The van der Waals surface area contributed by atoms with E-state index in [1.807, 2.05) is 25.1 Å². The third kappa shape index (κ3) is 2.65. The van der Waals surface area contributed by atoms with E-state index in [0.717, 1.165) is 28.6 Å². The highest BCUT2D eigenvalue weighted by Gasteiger charge is 2.07. The molecule has 1 aromatic heterocycles. The van der Waals surface area contributed by atoms with E-state index in [2.05, 4.69) is 22.3 Å². The average Bonchev–Trinajstić information content (AvgIpc) is 2.78. The fourth-order valence-corrected chi connectivity index (χ4v) is 1.73. The zero-order valence-corrected chi connectivity index (χ0v) is 10.7. The molecular weight excluding hydrogens is 236 g/mol. The van der Waals surface area contributed by atoms with Gasteiger partial charge in [-0.15, -0.1) is 0 Å². The molecule has 1 N–H and O–H groups in total. The van der Waals surface area contributed by atoms with Gasteiger partial charge in [-0.1, -0.05) is 24.6 Å². The summed E-state index contributed by atoms with van der Waals surface area (Å²) in [6.45, 7) is 5.64. The maximum Gasteiger partial charge on any atom is 0.146 e. The molecule has 0 amide bonds. The van der Waals surface area contributed by atoms with Crippen LogP contribution < -0.4 is 5.32 Å². The van der Waals surface area contributed by atoms with Crippen LogP contribution in [0.1, 0.15) is 18.3 Å². The quantitative estimate of drug-likeness (QED) is 0.906. The van der Waals surface area contributed by atoms with Crippen molar-refractivity contribution >= 4 is 11.6 Å². The van der Waals surface area contributed by atoms with E-state index in [4.69, 9.17) is 11.6 Å². The summed E-state index contributed by atoms with van der Waals surface area (Å²) in [5.41, 5.74) is 2.00. The van der Waals surface area contributed by atoms with Gasteiger partial charge in [0.2, 0.25) is 0 Å². The molecule has 0 spiro atoms. The first-order valence-corrected chi connectivity index (χ1v) is 5.96. The number of halogens is 1. The van der Waals surface area contributed by atoms with Crippen molar-refractivity contribution in [2.45, 2.75) is 20.4 Å². The Bertz CT molecular complexity index is 507. The van der Waals surface area contributed by atoms with Crippen LogP contribution >= 0.6 is 11.6 Å². The van der Waals surface area contributed by atoms with Gasteiger partial charge in [-0.2, -0.15) is 5.10 Å². The summed E-state index contributed by atoms with van der Waals surface area (Å²) >= 11 is 6.11. The number of hydrogen-bond acceptors (Lipinski definition) is 3. The molecule has 0 radical (unpaired) electrons. The summed E-state index contributed by atoms with van der Waals surface area (Å²) in [4.78, 5) is 4.23. The molecule has 0 aliphatic heterocycles. The van der Waals surface area contributed by atoms with E-state index in [1.54, 1.807) is 11.0 Å². The lowest BCUT2D eigenvalue weighted by Gasteiger charge is -2.07. The molecule has 0 unspecified atom stereocenters. The van der Waals surface area contributed by atoms with Crippen molar-refractivity contribution in [2.75, 3.05) is 6.54 Å². The van der Waals surface area contributed by atoms with Crippen LogP contribution in [0.5, 0.6) is 0 Å². The Labute approximate surface area is 106 Å². The zero-order chi connectivity index (χ0) is 12.3. The number of nitrogens with one attached hydrogen (secondary N) is 1. The predicted molar refractivity (Wildman–Crippen MR) is 68.5 cm³/mol. The van der Waals surface area contributed by atoms with Gasteiger partial charge in [-0.3, -0.25) is 0 Å². The van der Waals surface area contributed by atoms with Crippen molar-refractivity contribution in [2.24, 2.45) is 0 Å². The molecule has 90 valence electrons. The van der Waals surface area contributed by atoms with E-state index in [0.29, 0.717) is 6.54 Å². The van der Waals surface area contributed by atoms with E-state index >= 15 is 0 Å². The molecule has 0 aliphatic carbocycles. The van der Waals surface area contributed by atoms with Crippen LogP contribution in [0.15, 0.2) is 24.5 Å². The number of aromatic nitrogens is 3. The van der Waals surface area contributed by atoms with Crippen molar-refractivity contribution in [3.05, 3.63) is 40.9 Å². The minimum atomic E-state index is 0.696. The van der Waals surface area contributed by atoms with Gasteiger partial charge in [0.25, 0.3) is 0 Å². The normalized spacial score (nSPS) is 10.8. The molecule has 0 atom stereocenters. The summed E-state index contributed by atoms with van der Waals surface area (Å²) in [7, 11) is 0. The molecule has 1 aromatic carbocycles. The summed E-state index contributed by atoms with van der Waals surface area (Å²) in [5, 5.41) is 8.19. The molecule has 2 aromatic rings. The van der Waals surface area contributed by atoms with Gasteiger partial charge in [-0.05, 0) is 31.2 Å². The molecule has 2 rings (SSSR count). The standard InChI is InChI=1S/C12H15ClN4/c1-3-14-7-12-15-8-16-17(12)10-5-4-9(2)11(13)6-10/h4-6,8,14H,3,7H2,1-2H3. The lowest BCUT2D eigenvalue weighted by molar-refractivity contribution is 0.664. The third-order valence-corrected chi connectivity index (χ3v) is 2.96. The van der Waals surface area contributed by atoms with Gasteiger partial charge < -0.3 is 5.32 Å². The highest BCUT2D eigenvalue weighted by atomic mass is 35.5. The van der Waals surface area contributed by atoms with Crippen LogP contribution in [-0.4, -0.2) is 21.3 Å². The summed E-state index contributed by atoms with van der Waals surface area (Å²) in [6.07, 6.45) is 1.56. The van der Waals surface area contributed by atoms with E-state index in [9.17, 15) is 0 Å². The second-order valence-corrected chi connectivity index (χ2v) is 4.21. The average molecular weight is 251 g/mol. The third-order valence-electron chi connectivity index (χ3n) is 2.55. The Kier molecular flexibility index (Phi) is 3.76. The molecule has 0 saturated carbocycles. The van der Waals surface area contributed by atoms with Gasteiger partial charge >= 0.3 is 0 Å². The van der Waals surface area contributed by atoms with Crippen LogP contribution in [0.4, 0.5) is 0 Å². The first kappa shape index (κ1) is 12.1. The fraction of sp³-hybridized carbons (Fsp3) is 0.333. The molecule has 0 bridgehead atoms. The highest BCUT2D eigenvalue weighted by Crippen LogP contribution is 2.19. The second kappa shape index (κ2) is 5.29. The summed E-state index contributed by atoms with van der Waals surface area (Å²) in [6, 6.07) is 5.88. The largest absolute Gasteiger partial charge is 0.310 e. The summed E-state index contributed by atoms with van der Waals surface area (Å²) < 4.78 is 1.80. The lowest BCUT2D eigenvalue weighted by atomic mass is 10.2. The van der Waals surface area contributed by atoms with Gasteiger partial charge in [0.15, 0.2) is 0 Å². The Balaban J connectivity index is 2.32. The molecule has 5 heteroatoms. The minimum Gasteiger partial charge on any atom is -0.310 e. The monoisotopic (exact) mass is 250 g/mol. The smallest absolute Gasteiger partial charge is 0.146 e. The molecule has 0 saturated heterocycles. The number of nitrogens with zero attached hydrogens (tertiary/aromatic N) is 3. The van der Waals surface area contributed by atoms with Crippen LogP contribution in [0.25, 0.3) is 5.69 Å². The van der Waals surface area contributed by atoms with Gasteiger partial charge in [0.05, 0.1) is 12.2 Å². The molecule has 17 heavy (non-hydrogen) atoms. The number of benzene rings is 1. The lowest BCUT2D eigenvalue weighted by Crippen LogP contribution is -2.16. The maximum absolute atomic E-state index is 6.11. The fourth-order valence-electron chi connectivity index (χ4n) is 1.55. The first-order valence-electron chi connectivity index (χ1n) is 5.58. The number of hydrogen-bond donors (Lipinski definition) is 1.